The number of anilines is 1. The van der Waals surface area contributed by atoms with Crippen molar-refractivity contribution >= 4 is 34.0 Å². The molecule has 2 amide bonds. The summed E-state index contributed by atoms with van der Waals surface area (Å²) in [5.41, 5.74) is 1.43. The second kappa shape index (κ2) is 6.88. The lowest BCUT2D eigenvalue weighted by Gasteiger charge is -2.17. The van der Waals surface area contributed by atoms with Gasteiger partial charge in [0.25, 0.3) is 5.91 Å². The number of oxime groups is 1. The number of nitrogens with zero attached hydrogens (tertiary/aromatic N) is 2. The third-order valence-corrected chi connectivity index (χ3v) is 5.48. The molecule has 2 heterocycles. The van der Waals surface area contributed by atoms with Crippen molar-refractivity contribution < 1.29 is 23.9 Å². The molecular weight excluding hydrogens is 384 g/mol. The molecule has 0 radical (unpaired) electrons. The Kier molecular flexibility index (Phi) is 4.17. The number of benzene rings is 3. The lowest BCUT2D eigenvalue weighted by Crippen LogP contribution is -2.33. The second-order valence-electron chi connectivity index (χ2n) is 7.06. The third-order valence-electron chi connectivity index (χ3n) is 5.48. The molecule has 0 spiro atoms. The average molecular weight is 402 g/mol. The van der Waals surface area contributed by atoms with Crippen LogP contribution < -0.4 is 14.4 Å². The van der Waals surface area contributed by atoms with Crippen LogP contribution in [0.25, 0.3) is 10.8 Å². The predicted molar refractivity (Wildman–Crippen MR) is 111 cm³/mol. The quantitative estimate of drug-likeness (QED) is 0.627. The standard InChI is InChI=1S/C23H18N2O5/c1-28-17-9-5-8-16(20(17)29-2)19-18-21(30-24-19)23(27)25(22(18)26)15-11-10-13-6-3-4-7-14(13)12-15/h3-12,18,21H,1-2H3/t18-,21+/m1/s1. The van der Waals surface area contributed by atoms with Gasteiger partial charge in [-0.2, -0.15) is 0 Å². The molecule has 2 atom stereocenters. The van der Waals surface area contributed by atoms with Gasteiger partial charge in [-0.05, 0) is 35.0 Å². The fourth-order valence-corrected chi connectivity index (χ4v) is 4.06. The van der Waals surface area contributed by atoms with Crippen LogP contribution in [0.2, 0.25) is 0 Å². The van der Waals surface area contributed by atoms with Crippen molar-refractivity contribution in [3.8, 4) is 11.5 Å². The Morgan fingerprint density at radius 1 is 0.900 bits per heavy atom. The maximum atomic E-state index is 13.3. The number of imide groups is 1. The first-order chi connectivity index (χ1) is 14.6. The van der Waals surface area contributed by atoms with Crippen LogP contribution in [0.3, 0.4) is 0 Å². The van der Waals surface area contributed by atoms with Gasteiger partial charge in [0.1, 0.15) is 11.6 Å². The van der Waals surface area contributed by atoms with Crippen LogP contribution in [0, 0.1) is 5.92 Å². The maximum Gasteiger partial charge on any atom is 0.278 e. The molecule has 3 aromatic rings. The summed E-state index contributed by atoms with van der Waals surface area (Å²) in [6.07, 6.45) is -0.991. The lowest BCUT2D eigenvalue weighted by molar-refractivity contribution is -0.126. The molecule has 2 aliphatic heterocycles. The number of hydrogen-bond donors (Lipinski definition) is 0. The number of amides is 2. The monoisotopic (exact) mass is 402 g/mol. The molecule has 0 saturated carbocycles. The number of methoxy groups -OCH3 is 2. The van der Waals surface area contributed by atoms with E-state index in [1.54, 1.807) is 24.3 Å². The van der Waals surface area contributed by atoms with Gasteiger partial charge >= 0.3 is 0 Å². The van der Waals surface area contributed by atoms with E-state index in [2.05, 4.69) is 5.16 Å². The summed E-state index contributed by atoms with van der Waals surface area (Å²) in [5.74, 6) is -0.705. The fourth-order valence-electron chi connectivity index (χ4n) is 4.06. The number of para-hydroxylation sites is 1. The van der Waals surface area contributed by atoms with Crippen LogP contribution in [-0.2, 0) is 14.4 Å². The summed E-state index contributed by atoms with van der Waals surface area (Å²) < 4.78 is 10.8. The van der Waals surface area contributed by atoms with Crippen LogP contribution >= 0.6 is 0 Å². The molecule has 0 N–H and O–H groups in total. The van der Waals surface area contributed by atoms with Crippen molar-refractivity contribution in [3.63, 3.8) is 0 Å². The number of carbonyl (C=O) groups excluding carboxylic acids is 2. The minimum absolute atomic E-state index is 0.359. The zero-order valence-corrected chi connectivity index (χ0v) is 16.4. The molecule has 5 rings (SSSR count). The molecular formula is C23H18N2O5. The Bertz CT molecular complexity index is 1220. The summed E-state index contributed by atoms with van der Waals surface area (Å²) >= 11 is 0. The molecule has 3 aromatic carbocycles. The van der Waals surface area contributed by atoms with Gasteiger partial charge in [0.2, 0.25) is 12.0 Å². The van der Waals surface area contributed by atoms with Gasteiger partial charge in [-0.25, -0.2) is 4.90 Å². The zero-order chi connectivity index (χ0) is 20.8. The number of ether oxygens (including phenoxy) is 2. The predicted octanol–water partition coefficient (Wildman–Crippen LogP) is 3.15. The molecule has 7 heteroatoms. The highest BCUT2D eigenvalue weighted by atomic mass is 16.7. The van der Waals surface area contributed by atoms with Crippen molar-refractivity contribution in [2.24, 2.45) is 11.1 Å². The van der Waals surface area contributed by atoms with Gasteiger partial charge in [-0.15, -0.1) is 0 Å². The summed E-state index contributed by atoms with van der Waals surface area (Å²) in [6, 6.07) is 18.5. The maximum absolute atomic E-state index is 13.3. The van der Waals surface area contributed by atoms with E-state index in [9.17, 15) is 9.59 Å². The summed E-state index contributed by atoms with van der Waals surface area (Å²) in [5, 5.41) is 6.04. The molecule has 0 unspecified atom stereocenters. The van der Waals surface area contributed by atoms with Crippen molar-refractivity contribution in [3.05, 3.63) is 66.2 Å². The molecule has 0 aromatic heterocycles. The van der Waals surface area contributed by atoms with Gasteiger partial charge in [0.05, 0.1) is 19.9 Å². The number of carbonyl (C=O) groups is 2. The van der Waals surface area contributed by atoms with Crippen molar-refractivity contribution in [1.82, 2.24) is 0 Å². The molecule has 2 aliphatic rings. The molecule has 7 nitrogen and oxygen atoms in total. The van der Waals surface area contributed by atoms with Crippen LogP contribution in [0.15, 0.2) is 65.8 Å². The van der Waals surface area contributed by atoms with Crippen LogP contribution in [0.5, 0.6) is 11.5 Å². The average Bonchev–Trinajstić information content (AvgIpc) is 3.32. The first-order valence-electron chi connectivity index (χ1n) is 9.45. The largest absolute Gasteiger partial charge is 0.493 e. The summed E-state index contributed by atoms with van der Waals surface area (Å²) in [6.45, 7) is 0. The van der Waals surface area contributed by atoms with E-state index < -0.39 is 17.9 Å². The van der Waals surface area contributed by atoms with E-state index in [1.165, 1.54) is 19.1 Å². The molecule has 0 aliphatic carbocycles. The molecule has 0 bridgehead atoms. The van der Waals surface area contributed by atoms with E-state index in [-0.39, 0.29) is 5.91 Å². The normalized spacial score (nSPS) is 20.2. The van der Waals surface area contributed by atoms with Gasteiger partial charge in [-0.3, -0.25) is 9.59 Å². The van der Waals surface area contributed by atoms with E-state index >= 15 is 0 Å². The molecule has 150 valence electrons. The SMILES string of the molecule is COc1cccc(C2=NO[C@@H]3C(=O)N(c4ccc5ccccc5c4)C(=O)[C@H]23)c1OC. The zero-order valence-electron chi connectivity index (χ0n) is 16.4. The summed E-state index contributed by atoms with van der Waals surface area (Å²) in [4.78, 5) is 33.0. The minimum Gasteiger partial charge on any atom is -0.493 e. The van der Waals surface area contributed by atoms with Crippen LogP contribution in [0.4, 0.5) is 5.69 Å². The lowest BCUT2D eigenvalue weighted by atomic mass is 9.93. The van der Waals surface area contributed by atoms with Crippen LogP contribution in [-0.4, -0.2) is 37.8 Å². The van der Waals surface area contributed by atoms with Crippen molar-refractivity contribution in [2.75, 3.05) is 19.1 Å². The number of fused-ring (bicyclic) bond motifs is 2. The molecule has 30 heavy (non-hydrogen) atoms. The van der Waals surface area contributed by atoms with E-state index in [1.807, 2.05) is 36.4 Å². The van der Waals surface area contributed by atoms with Gasteiger partial charge in [-0.1, -0.05) is 41.6 Å². The number of rotatable bonds is 4. The van der Waals surface area contributed by atoms with Crippen molar-refractivity contribution in [2.45, 2.75) is 6.10 Å². The molecule has 1 saturated heterocycles. The summed E-state index contributed by atoms with van der Waals surface area (Å²) in [7, 11) is 3.04. The highest BCUT2D eigenvalue weighted by molar-refractivity contribution is 6.33. The first kappa shape index (κ1) is 18.2. The number of hydrogen-bond acceptors (Lipinski definition) is 6. The van der Waals surface area contributed by atoms with E-state index in [0.717, 1.165) is 10.8 Å². The van der Waals surface area contributed by atoms with Gasteiger partial charge in [0.15, 0.2) is 11.5 Å². The Hall–Kier alpha value is -3.87. The molecule has 1 fully saturated rings. The van der Waals surface area contributed by atoms with Gasteiger partial charge < -0.3 is 14.3 Å². The topological polar surface area (TPSA) is 77.4 Å². The van der Waals surface area contributed by atoms with Crippen LogP contribution in [0.1, 0.15) is 5.56 Å². The first-order valence-corrected chi connectivity index (χ1v) is 9.45. The Balaban J connectivity index is 1.55. The van der Waals surface area contributed by atoms with E-state index in [4.69, 9.17) is 14.3 Å². The van der Waals surface area contributed by atoms with Crippen molar-refractivity contribution in [1.29, 1.82) is 0 Å². The Morgan fingerprint density at radius 2 is 1.70 bits per heavy atom. The fraction of sp³-hybridized carbons (Fsp3) is 0.174. The third kappa shape index (κ3) is 2.55. The van der Waals surface area contributed by atoms with Gasteiger partial charge in [0, 0.05) is 5.56 Å². The second-order valence-corrected chi connectivity index (χ2v) is 7.06. The highest BCUT2D eigenvalue weighted by Gasteiger charge is 2.56. The minimum atomic E-state index is -0.991. The Morgan fingerprint density at radius 3 is 2.47 bits per heavy atom. The highest BCUT2D eigenvalue weighted by Crippen LogP contribution is 2.40. The smallest absolute Gasteiger partial charge is 0.278 e. The Labute approximate surface area is 172 Å². The van der Waals surface area contributed by atoms with E-state index in [0.29, 0.717) is 28.5 Å².